The van der Waals surface area contributed by atoms with Crippen molar-refractivity contribution >= 4 is 28.1 Å². The molecule has 1 aliphatic carbocycles. The number of carbonyl (C=O) groups is 2. The molecule has 7 heteroatoms. The van der Waals surface area contributed by atoms with Crippen LogP contribution in [0.1, 0.15) is 33.6 Å². The van der Waals surface area contributed by atoms with Gasteiger partial charge in [-0.05, 0) is 25.2 Å². The Morgan fingerprint density at radius 1 is 1.35 bits per heavy atom. The number of aliphatic carboxylic acids is 2. The predicted molar refractivity (Wildman–Crippen MR) is 80.6 cm³/mol. The van der Waals surface area contributed by atoms with Gasteiger partial charge in [-0.1, -0.05) is 13.8 Å². The van der Waals surface area contributed by atoms with Crippen LogP contribution in [0.3, 0.4) is 0 Å². The summed E-state index contributed by atoms with van der Waals surface area (Å²) < 4.78 is 0. The van der Waals surface area contributed by atoms with Gasteiger partial charge in [0, 0.05) is 17.8 Å². The van der Waals surface area contributed by atoms with Gasteiger partial charge >= 0.3 is 11.9 Å². The zero-order valence-corrected chi connectivity index (χ0v) is 13.0. The molecule has 0 radical (unpaired) electrons. The molecule has 1 fully saturated rings. The summed E-state index contributed by atoms with van der Waals surface area (Å²) in [5.41, 5.74) is 0.348. The molecule has 0 spiro atoms. The first-order chi connectivity index (χ1) is 9.13. The Balaban J connectivity index is 0.000000276. The lowest BCUT2D eigenvalue weighted by molar-refractivity contribution is -0.157. The fraction of sp³-hybridized carbons (Fsp3) is 0.769. The average molecular weight is 304 g/mol. The van der Waals surface area contributed by atoms with E-state index >= 15 is 0 Å². The Morgan fingerprint density at radius 2 is 1.95 bits per heavy atom. The molecule has 1 heterocycles. The second-order valence-corrected chi connectivity index (χ2v) is 7.62. The van der Waals surface area contributed by atoms with Gasteiger partial charge in [-0.3, -0.25) is 20.0 Å². The van der Waals surface area contributed by atoms with Gasteiger partial charge < -0.3 is 10.2 Å². The molecule has 2 aliphatic rings. The molecule has 6 nitrogen and oxygen atoms in total. The minimum absolute atomic E-state index is 0.0910. The Hall–Kier alpha value is -0.920. The Morgan fingerprint density at radius 3 is 2.15 bits per heavy atom. The molecule has 2 rings (SSSR count). The SMILES string of the molecule is CC1(C(=O)O)CCC(C(=O)O)C1(C)C.NS1=CNCC1. The Bertz CT molecular complexity index is 436. The fourth-order valence-corrected chi connectivity index (χ4v) is 3.52. The number of hydrogen-bond donors (Lipinski definition) is 4. The van der Waals surface area contributed by atoms with Crippen molar-refractivity contribution in [3.8, 4) is 0 Å². The summed E-state index contributed by atoms with van der Waals surface area (Å²) >= 11 is 0. The molecular weight excluding hydrogens is 280 g/mol. The third-order valence-electron chi connectivity index (χ3n) is 4.71. The van der Waals surface area contributed by atoms with Crippen molar-refractivity contribution in [3.05, 3.63) is 0 Å². The van der Waals surface area contributed by atoms with Crippen molar-refractivity contribution in [2.45, 2.75) is 33.6 Å². The first-order valence-corrected chi connectivity index (χ1v) is 8.12. The van der Waals surface area contributed by atoms with Crippen LogP contribution < -0.4 is 10.5 Å². The van der Waals surface area contributed by atoms with E-state index in [2.05, 4.69) is 5.32 Å². The maximum atomic E-state index is 11.1. The normalized spacial score (nSPS) is 34.8. The number of carboxylic acid groups (broad SMARTS) is 2. The highest BCUT2D eigenvalue weighted by atomic mass is 32.2. The highest BCUT2D eigenvalue weighted by molar-refractivity contribution is 8.13. The van der Waals surface area contributed by atoms with Gasteiger partial charge in [0.15, 0.2) is 0 Å². The summed E-state index contributed by atoms with van der Waals surface area (Å²) in [7, 11) is 0.0910. The minimum atomic E-state index is -0.921. The second kappa shape index (κ2) is 6.24. The third kappa shape index (κ3) is 3.21. The molecule has 0 amide bonds. The zero-order valence-electron chi connectivity index (χ0n) is 12.2. The summed E-state index contributed by atoms with van der Waals surface area (Å²) in [5, 5.41) is 26.6. The van der Waals surface area contributed by atoms with Gasteiger partial charge in [0.25, 0.3) is 0 Å². The van der Waals surface area contributed by atoms with Crippen LogP contribution in [0.5, 0.6) is 0 Å². The summed E-state index contributed by atoms with van der Waals surface area (Å²) in [6.45, 7) is 6.16. The Kier molecular flexibility index (Phi) is 5.34. The quantitative estimate of drug-likeness (QED) is 0.568. The van der Waals surface area contributed by atoms with Gasteiger partial charge in [0.05, 0.1) is 11.3 Å². The second-order valence-electron chi connectivity index (χ2n) is 6.03. The third-order valence-corrected chi connectivity index (χ3v) is 5.86. The lowest BCUT2D eigenvalue weighted by atomic mass is 9.66. The van der Waals surface area contributed by atoms with E-state index in [9.17, 15) is 9.59 Å². The molecule has 1 aliphatic heterocycles. The molecule has 116 valence electrons. The lowest BCUT2D eigenvalue weighted by Gasteiger charge is -2.36. The molecule has 1 saturated carbocycles. The number of carboxylic acids is 2. The summed E-state index contributed by atoms with van der Waals surface area (Å²) in [4.78, 5) is 22.0. The average Bonchev–Trinajstić information content (AvgIpc) is 2.87. The summed E-state index contributed by atoms with van der Waals surface area (Å²) in [5.74, 6) is -1.21. The zero-order chi connectivity index (χ0) is 15.6. The van der Waals surface area contributed by atoms with Gasteiger partial charge in [-0.15, -0.1) is 10.7 Å². The summed E-state index contributed by atoms with van der Waals surface area (Å²) in [6.07, 6.45) is 0.886. The molecule has 0 bridgehead atoms. The van der Waals surface area contributed by atoms with Crippen molar-refractivity contribution in [2.75, 3.05) is 12.3 Å². The van der Waals surface area contributed by atoms with E-state index < -0.39 is 28.7 Å². The number of hydrogen-bond acceptors (Lipinski definition) is 4. The predicted octanol–water partition coefficient (Wildman–Crippen LogP) is 1.09. The van der Waals surface area contributed by atoms with Crippen LogP contribution >= 0.6 is 10.7 Å². The van der Waals surface area contributed by atoms with Crippen LogP contribution in [-0.4, -0.2) is 39.9 Å². The minimum Gasteiger partial charge on any atom is -0.481 e. The van der Waals surface area contributed by atoms with Gasteiger partial charge in [0.1, 0.15) is 0 Å². The maximum Gasteiger partial charge on any atom is 0.309 e. The molecule has 5 N–H and O–H groups in total. The molecule has 0 aromatic heterocycles. The molecule has 0 aromatic rings. The topological polar surface area (TPSA) is 113 Å². The van der Waals surface area contributed by atoms with E-state index in [-0.39, 0.29) is 10.7 Å². The van der Waals surface area contributed by atoms with Crippen molar-refractivity contribution in [2.24, 2.45) is 21.9 Å². The molecule has 20 heavy (non-hydrogen) atoms. The summed E-state index contributed by atoms with van der Waals surface area (Å²) in [6, 6.07) is 0. The van der Waals surface area contributed by atoms with Crippen LogP contribution in [0.2, 0.25) is 0 Å². The smallest absolute Gasteiger partial charge is 0.309 e. The van der Waals surface area contributed by atoms with E-state index in [4.69, 9.17) is 15.4 Å². The van der Waals surface area contributed by atoms with Crippen LogP contribution in [-0.2, 0) is 9.59 Å². The molecular formula is C13H24N2O4S. The van der Waals surface area contributed by atoms with Crippen molar-refractivity contribution in [1.29, 1.82) is 0 Å². The number of nitrogens with two attached hydrogens (primary N) is 1. The molecule has 0 aromatic carbocycles. The monoisotopic (exact) mass is 304 g/mol. The van der Waals surface area contributed by atoms with Gasteiger partial charge in [0.2, 0.25) is 0 Å². The number of rotatable bonds is 2. The lowest BCUT2D eigenvalue weighted by Crippen LogP contribution is -2.42. The van der Waals surface area contributed by atoms with Crippen LogP contribution in [0, 0.1) is 16.7 Å². The molecule has 0 saturated heterocycles. The fourth-order valence-electron chi connectivity index (χ4n) is 2.72. The van der Waals surface area contributed by atoms with E-state index in [0.717, 1.165) is 12.3 Å². The van der Waals surface area contributed by atoms with Gasteiger partial charge in [-0.25, -0.2) is 0 Å². The van der Waals surface area contributed by atoms with E-state index in [1.165, 1.54) is 0 Å². The van der Waals surface area contributed by atoms with E-state index in [1.807, 2.05) is 5.49 Å². The van der Waals surface area contributed by atoms with Crippen molar-refractivity contribution in [1.82, 2.24) is 5.32 Å². The Labute approximate surface area is 121 Å². The first kappa shape index (κ1) is 17.1. The molecule has 3 unspecified atom stereocenters. The first-order valence-electron chi connectivity index (χ1n) is 6.60. The van der Waals surface area contributed by atoms with Crippen LogP contribution in [0.15, 0.2) is 0 Å². The van der Waals surface area contributed by atoms with Crippen molar-refractivity contribution < 1.29 is 19.8 Å². The maximum absolute atomic E-state index is 11.1. The van der Waals surface area contributed by atoms with E-state index in [1.54, 1.807) is 20.8 Å². The largest absolute Gasteiger partial charge is 0.481 e. The van der Waals surface area contributed by atoms with Crippen LogP contribution in [0.25, 0.3) is 0 Å². The highest BCUT2D eigenvalue weighted by Crippen LogP contribution is 2.56. The van der Waals surface area contributed by atoms with E-state index in [0.29, 0.717) is 12.8 Å². The standard InChI is InChI=1S/C10H16O4.C3H8N2S/c1-9(2)6(7(11)12)4-5-10(9,3)8(13)14;4-6-2-1-5-3-6/h6H,4-5H2,1-3H3,(H,11,12)(H,13,14);3,5H,1-2,4H2. The van der Waals surface area contributed by atoms with Gasteiger partial charge in [-0.2, -0.15) is 0 Å². The highest BCUT2D eigenvalue weighted by Gasteiger charge is 2.58. The molecule has 3 atom stereocenters. The number of nitrogens with one attached hydrogen (secondary N) is 1. The van der Waals surface area contributed by atoms with Crippen LogP contribution in [0.4, 0.5) is 0 Å². The van der Waals surface area contributed by atoms with Crippen molar-refractivity contribution in [3.63, 3.8) is 0 Å².